The molecule has 5 nitrogen and oxygen atoms in total. The zero-order valence-corrected chi connectivity index (χ0v) is 20.8. The highest BCUT2D eigenvalue weighted by Gasteiger charge is 2.22. The second kappa shape index (κ2) is 14.6. The number of esters is 2. The van der Waals surface area contributed by atoms with Crippen molar-refractivity contribution in [1.29, 1.82) is 0 Å². The third-order valence-electron chi connectivity index (χ3n) is 6.53. The van der Waals surface area contributed by atoms with Crippen LogP contribution in [-0.4, -0.2) is 36.9 Å². The van der Waals surface area contributed by atoms with Crippen LogP contribution in [0.25, 0.3) is 0 Å². The Labute approximate surface area is 204 Å². The smallest absolute Gasteiger partial charge is 0.335 e. The molecule has 1 aliphatic rings. The Hall–Kier alpha value is -2.66. The zero-order valence-electron chi connectivity index (χ0n) is 20.8. The van der Waals surface area contributed by atoms with Gasteiger partial charge >= 0.3 is 11.9 Å². The van der Waals surface area contributed by atoms with E-state index in [2.05, 4.69) is 56.5 Å². The van der Waals surface area contributed by atoms with Crippen LogP contribution in [0.2, 0.25) is 0 Å². The fourth-order valence-electron chi connectivity index (χ4n) is 4.39. The van der Waals surface area contributed by atoms with Crippen molar-refractivity contribution in [2.45, 2.75) is 64.7 Å². The lowest BCUT2D eigenvalue weighted by Crippen LogP contribution is -2.24. The number of allylic oxidation sites excluding steroid dienone is 2. The van der Waals surface area contributed by atoms with Crippen LogP contribution in [0.15, 0.2) is 60.7 Å². The number of carbonyl (C=O) groups is 2. The van der Waals surface area contributed by atoms with Crippen LogP contribution in [0.3, 0.4) is 0 Å². The summed E-state index contributed by atoms with van der Waals surface area (Å²) >= 11 is 0. The van der Waals surface area contributed by atoms with Gasteiger partial charge in [-0.15, -0.1) is 0 Å². The molecule has 5 heteroatoms. The van der Waals surface area contributed by atoms with Gasteiger partial charge in [-0.3, -0.25) is 0 Å². The Balaban J connectivity index is 1.93. The van der Waals surface area contributed by atoms with Crippen molar-refractivity contribution in [2.24, 2.45) is 11.8 Å². The molecule has 1 aromatic rings. The van der Waals surface area contributed by atoms with E-state index >= 15 is 0 Å². The summed E-state index contributed by atoms with van der Waals surface area (Å²) in [5, 5.41) is 9.06. The molecule has 1 atom stereocenters. The normalized spacial score (nSPS) is 18.9. The standard InChI is InChI=1S/C29H40O5/c1-5-6-7-8-23-9-13-26(14-10-23)27-15-11-24(12-16-27)17-25(19-33-28(31)21(2)3)20-34-29(32)22(4)18-30/h5-6,11-12,15-16,23,25-26,30H,2,4,7-10,13-14,17-20H2,1,3H3/b6-5+. The lowest BCUT2D eigenvalue weighted by Gasteiger charge is -2.28. The molecule has 0 saturated heterocycles. The molecule has 1 N–H and O–H groups in total. The average molecular weight is 469 g/mol. The summed E-state index contributed by atoms with van der Waals surface area (Å²) in [7, 11) is 0. The second-order valence-electron chi connectivity index (χ2n) is 9.41. The van der Waals surface area contributed by atoms with E-state index < -0.39 is 18.5 Å². The predicted molar refractivity (Wildman–Crippen MR) is 135 cm³/mol. The van der Waals surface area contributed by atoms with Crippen molar-refractivity contribution < 1.29 is 24.2 Å². The second-order valence-corrected chi connectivity index (χ2v) is 9.41. The highest BCUT2D eigenvalue weighted by atomic mass is 16.5. The summed E-state index contributed by atoms with van der Waals surface area (Å²) in [6, 6.07) is 8.65. The molecule has 1 aromatic carbocycles. The van der Waals surface area contributed by atoms with Gasteiger partial charge in [0.2, 0.25) is 0 Å². The van der Waals surface area contributed by atoms with Crippen molar-refractivity contribution in [3.8, 4) is 0 Å². The molecule has 0 aliphatic heterocycles. The van der Waals surface area contributed by atoms with Crippen molar-refractivity contribution in [3.05, 3.63) is 71.8 Å². The fourth-order valence-corrected chi connectivity index (χ4v) is 4.39. The van der Waals surface area contributed by atoms with Gasteiger partial charge in [0.15, 0.2) is 0 Å². The van der Waals surface area contributed by atoms with Crippen LogP contribution < -0.4 is 0 Å². The maximum absolute atomic E-state index is 11.9. The number of aliphatic hydroxyl groups is 1. The SMILES string of the molecule is C=C(C)C(=O)OCC(COC(=O)C(=C)CO)Cc1ccc(C2CCC(CC/C=C/C)CC2)cc1. The van der Waals surface area contributed by atoms with Gasteiger partial charge in [-0.1, -0.05) is 49.6 Å². The van der Waals surface area contributed by atoms with Crippen molar-refractivity contribution in [2.75, 3.05) is 19.8 Å². The largest absolute Gasteiger partial charge is 0.462 e. The zero-order chi connectivity index (χ0) is 24.9. The van der Waals surface area contributed by atoms with E-state index in [1.807, 2.05) is 0 Å². The Morgan fingerprint density at radius 2 is 1.68 bits per heavy atom. The Morgan fingerprint density at radius 1 is 1.06 bits per heavy atom. The highest BCUT2D eigenvalue weighted by molar-refractivity contribution is 5.88. The lowest BCUT2D eigenvalue weighted by atomic mass is 9.77. The molecule has 0 spiro atoms. The molecule has 1 aliphatic carbocycles. The Kier molecular flexibility index (Phi) is 11.8. The van der Waals surface area contributed by atoms with Crippen molar-refractivity contribution in [3.63, 3.8) is 0 Å². The molecule has 1 saturated carbocycles. The lowest BCUT2D eigenvalue weighted by molar-refractivity contribution is -0.144. The first-order valence-corrected chi connectivity index (χ1v) is 12.3. The van der Waals surface area contributed by atoms with Crippen LogP contribution in [0.1, 0.15) is 69.4 Å². The van der Waals surface area contributed by atoms with Gasteiger partial charge in [-0.2, -0.15) is 0 Å². The number of ether oxygens (including phenoxy) is 2. The van der Waals surface area contributed by atoms with Crippen LogP contribution >= 0.6 is 0 Å². The Bertz CT molecular complexity index is 844. The van der Waals surface area contributed by atoms with Crippen LogP contribution in [0, 0.1) is 11.8 Å². The number of rotatable bonds is 13. The topological polar surface area (TPSA) is 72.8 Å². The number of hydrogen-bond donors (Lipinski definition) is 1. The first-order valence-electron chi connectivity index (χ1n) is 12.3. The molecular weight excluding hydrogens is 428 g/mol. The predicted octanol–water partition coefficient (Wildman–Crippen LogP) is 5.69. The van der Waals surface area contributed by atoms with E-state index in [0.717, 1.165) is 11.5 Å². The van der Waals surface area contributed by atoms with Crippen molar-refractivity contribution >= 4 is 11.9 Å². The van der Waals surface area contributed by atoms with Crippen LogP contribution in [-0.2, 0) is 25.5 Å². The molecule has 1 fully saturated rings. The number of benzene rings is 1. The first kappa shape index (κ1) is 27.6. The molecule has 1 unspecified atom stereocenters. The average Bonchev–Trinajstić information content (AvgIpc) is 2.85. The Morgan fingerprint density at radius 3 is 2.24 bits per heavy atom. The van der Waals surface area contributed by atoms with E-state index in [0.29, 0.717) is 17.9 Å². The van der Waals surface area contributed by atoms with E-state index in [9.17, 15) is 9.59 Å². The summed E-state index contributed by atoms with van der Waals surface area (Å²) in [5.41, 5.74) is 2.80. The van der Waals surface area contributed by atoms with Crippen LogP contribution in [0.4, 0.5) is 0 Å². The molecule has 0 bridgehead atoms. The summed E-state index contributed by atoms with van der Waals surface area (Å²) in [5.74, 6) is 0.143. The molecule has 2 rings (SSSR count). The summed E-state index contributed by atoms with van der Waals surface area (Å²) in [6.07, 6.45) is 12.6. The maximum atomic E-state index is 11.9. The number of aliphatic hydroxyl groups excluding tert-OH is 1. The van der Waals surface area contributed by atoms with Gasteiger partial charge in [-0.25, -0.2) is 9.59 Å². The van der Waals surface area contributed by atoms with Crippen LogP contribution in [0.5, 0.6) is 0 Å². The quantitative estimate of drug-likeness (QED) is 0.229. The summed E-state index contributed by atoms with van der Waals surface area (Å²) in [4.78, 5) is 23.7. The molecule has 186 valence electrons. The minimum absolute atomic E-state index is 0.00131. The van der Waals surface area contributed by atoms with E-state index in [1.54, 1.807) is 6.92 Å². The van der Waals surface area contributed by atoms with E-state index in [1.165, 1.54) is 44.1 Å². The summed E-state index contributed by atoms with van der Waals surface area (Å²) in [6.45, 7) is 10.5. The fraction of sp³-hybridized carbons (Fsp3) is 0.517. The first-order chi connectivity index (χ1) is 16.3. The molecule has 0 radical (unpaired) electrons. The third kappa shape index (κ3) is 9.30. The van der Waals surface area contributed by atoms with Gasteiger partial charge in [-0.05, 0) is 81.8 Å². The summed E-state index contributed by atoms with van der Waals surface area (Å²) < 4.78 is 10.6. The molecule has 0 amide bonds. The molecule has 0 aromatic heterocycles. The number of hydrogen-bond acceptors (Lipinski definition) is 5. The van der Waals surface area contributed by atoms with Gasteiger partial charge in [0.05, 0.1) is 25.4 Å². The minimum Gasteiger partial charge on any atom is -0.462 e. The van der Waals surface area contributed by atoms with Gasteiger partial charge in [0.25, 0.3) is 0 Å². The highest BCUT2D eigenvalue weighted by Crippen LogP contribution is 2.37. The van der Waals surface area contributed by atoms with Crippen molar-refractivity contribution in [1.82, 2.24) is 0 Å². The minimum atomic E-state index is -0.643. The van der Waals surface area contributed by atoms with Gasteiger partial charge in [0.1, 0.15) is 0 Å². The number of carbonyl (C=O) groups excluding carboxylic acids is 2. The molecular formula is C29H40O5. The van der Waals surface area contributed by atoms with Gasteiger partial charge in [0, 0.05) is 11.5 Å². The van der Waals surface area contributed by atoms with Gasteiger partial charge < -0.3 is 14.6 Å². The molecule has 0 heterocycles. The van der Waals surface area contributed by atoms with E-state index in [-0.39, 0.29) is 24.7 Å². The monoisotopic (exact) mass is 468 g/mol. The maximum Gasteiger partial charge on any atom is 0.335 e. The van der Waals surface area contributed by atoms with E-state index in [4.69, 9.17) is 14.6 Å². The third-order valence-corrected chi connectivity index (χ3v) is 6.53. The molecule has 34 heavy (non-hydrogen) atoms.